The summed E-state index contributed by atoms with van der Waals surface area (Å²) in [5.74, 6) is -0.522. The molecule has 0 fully saturated rings. The first-order valence-corrected chi connectivity index (χ1v) is 9.66. The normalized spacial score (nSPS) is 11.6. The van der Waals surface area contributed by atoms with Crippen LogP contribution in [-0.2, 0) is 12.7 Å². The molecule has 0 aliphatic carbocycles. The minimum Gasteiger partial charge on any atom is -0.493 e. The molecule has 0 saturated carbocycles. The first kappa shape index (κ1) is 24.5. The van der Waals surface area contributed by atoms with Gasteiger partial charge in [0.05, 0.1) is 10.5 Å². The monoisotopic (exact) mass is 451 g/mol. The molecule has 0 aliphatic rings. The smallest absolute Gasteiger partial charge is 0.416 e. The number of aromatic nitrogens is 1. The third-order valence-corrected chi connectivity index (χ3v) is 4.76. The van der Waals surface area contributed by atoms with Gasteiger partial charge in [0.25, 0.3) is 11.2 Å². The van der Waals surface area contributed by atoms with Crippen molar-refractivity contribution in [1.29, 1.82) is 5.26 Å². The van der Waals surface area contributed by atoms with Crippen LogP contribution in [0, 0.1) is 28.4 Å². The van der Waals surface area contributed by atoms with Gasteiger partial charge < -0.3 is 5.11 Å². The highest BCUT2D eigenvalue weighted by molar-refractivity contribution is 5.60. The van der Waals surface area contributed by atoms with Crippen molar-refractivity contribution in [2.24, 2.45) is 10.2 Å². The fraction of sp³-hybridized carbons (Fsp3) is 0.400. The van der Waals surface area contributed by atoms with Gasteiger partial charge in [0, 0.05) is 18.2 Å². The van der Waals surface area contributed by atoms with E-state index in [4.69, 9.17) is 0 Å². The molecule has 2 aromatic rings. The summed E-state index contributed by atoms with van der Waals surface area (Å²) in [7, 11) is 0. The van der Waals surface area contributed by atoms with Gasteiger partial charge in [-0.15, -0.1) is 10.2 Å². The SMILES string of the molecule is CCCCCCn1c(O)c(C#N)c(C)c(N=Nc2ccc(C(F)(F)F)cc2[N+](=O)[O-])c1=O. The van der Waals surface area contributed by atoms with Gasteiger partial charge >= 0.3 is 6.18 Å². The average Bonchev–Trinajstić information content (AvgIpc) is 2.72. The van der Waals surface area contributed by atoms with Crippen LogP contribution in [0.3, 0.4) is 0 Å². The lowest BCUT2D eigenvalue weighted by Crippen LogP contribution is -2.22. The predicted molar refractivity (Wildman–Crippen MR) is 108 cm³/mol. The number of rotatable bonds is 8. The number of nitrogens with zero attached hydrogens (tertiary/aromatic N) is 5. The summed E-state index contributed by atoms with van der Waals surface area (Å²) in [6.07, 6.45) is -1.59. The molecule has 0 saturated heterocycles. The van der Waals surface area contributed by atoms with E-state index in [0.29, 0.717) is 18.6 Å². The Morgan fingerprint density at radius 1 is 1.25 bits per heavy atom. The minimum atomic E-state index is -4.79. The molecule has 0 bridgehead atoms. The molecule has 0 amide bonds. The third kappa shape index (κ3) is 5.29. The van der Waals surface area contributed by atoms with Gasteiger partial charge in [0.2, 0.25) is 5.88 Å². The van der Waals surface area contributed by atoms with Crippen LogP contribution in [-0.4, -0.2) is 14.6 Å². The lowest BCUT2D eigenvalue weighted by Gasteiger charge is -2.13. The Morgan fingerprint density at radius 3 is 2.50 bits per heavy atom. The molecule has 0 unspecified atom stereocenters. The number of aromatic hydroxyl groups is 1. The van der Waals surface area contributed by atoms with Gasteiger partial charge in [0.15, 0.2) is 11.4 Å². The number of nitro groups is 1. The van der Waals surface area contributed by atoms with E-state index in [1.54, 1.807) is 6.07 Å². The third-order valence-electron chi connectivity index (χ3n) is 4.76. The van der Waals surface area contributed by atoms with Crippen molar-refractivity contribution in [1.82, 2.24) is 4.57 Å². The molecule has 2 rings (SSSR count). The molecule has 0 atom stereocenters. The lowest BCUT2D eigenvalue weighted by atomic mass is 10.1. The molecule has 1 aromatic carbocycles. The van der Waals surface area contributed by atoms with E-state index < -0.39 is 39.5 Å². The minimum absolute atomic E-state index is 0.00174. The largest absolute Gasteiger partial charge is 0.493 e. The zero-order valence-corrected chi connectivity index (χ0v) is 17.3. The molecule has 1 N–H and O–H groups in total. The van der Waals surface area contributed by atoms with Gasteiger partial charge in [-0.2, -0.15) is 18.4 Å². The maximum absolute atomic E-state index is 12.9. The number of alkyl halides is 3. The van der Waals surface area contributed by atoms with Crippen LogP contribution >= 0.6 is 0 Å². The maximum Gasteiger partial charge on any atom is 0.416 e. The van der Waals surface area contributed by atoms with Crippen LogP contribution in [0.15, 0.2) is 33.2 Å². The molecule has 12 heteroatoms. The number of azo groups is 1. The van der Waals surface area contributed by atoms with Gasteiger partial charge in [-0.25, -0.2) is 0 Å². The van der Waals surface area contributed by atoms with Gasteiger partial charge in [-0.3, -0.25) is 19.5 Å². The van der Waals surface area contributed by atoms with Crippen LogP contribution in [0.5, 0.6) is 5.88 Å². The fourth-order valence-corrected chi connectivity index (χ4v) is 3.00. The molecule has 9 nitrogen and oxygen atoms in total. The number of pyridine rings is 1. The molecule has 1 aromatic heterocycles. The molecular weight excluding hydrogens is 431 g/mol. The topological polar surface area (TPSA) is 134 Å². The van der Waals surface area contributed by atoms with E-state index >= 15 is 0 Å². The van der Waals surface area contributed by atoms with Crippen molar-refractivity contribution in [2.45, 2.75) is 52.3 Å². The van der Waals surface area contributed by atoms with Crippen molar-refractivity contribution in [2.75, 3.05) is 0 Å². The molecule has 0 radical (unpaired) electrons. The summed E-state index contributed by atoms with van der Waals surface area (Å²) in [5.41, 5.74) is -4.00. The van der Waals surface area contributed by atoms with Crippen LogP contribution < -0.4 is 5.56 Å². The van der Waals surface area contributed by atoms with E-state index in [1.807, 2.05) is 6.92 Å². The van der Waals surface area contributed by atoms with E-state index in [9.17, 15) is 38.4 Å². The Bertz CT molecular complexity index is 1150. The Balaban J connectivity index is 2.56. The molecule has 1 heterocycles. The summed E-state index contributed by atoms with van der Waals surface area (Å²) >= 11 is 0. The van der Waals surface area contributed by atoms with Crippen molar-refractivity contribution in [3.63, 3.8) is 0 Å². The second-order valence-corrected chi connectivity index (χ2v) is 6.96. The first-order chi connectivity index (χ1) is 15.0. The molecular formula is C20H20F3N5O4. The number of hydrogen-bond donors (Lipinski definition) is 1. The highest BCUT2D eigenvalue weighted by Gasteiger charge is 2.33. The Morgan fingerprint density at radius 2 is 1.94 bits per heavy atom. The highest BCUT2D eigenvalue weighted by Crippen LogP contribution is 2.37. The van der Waals surface area contributed by atoms with Gasteiger partial charge in [-0.05, 0) is 25.5 Å². The number of benzene rings is 1. The predicted octanol–water partition coefficient (Wildman–Crippen LogP) is 5.66. The number of nitriles is 1. The van der Waals surface area contributed by atoms with E-state index in [-0.39, 0.29) is 23.4 Å². The Kier molecular flexibility index (Phi) is 7.69. The Hall–Kier alpha value is -3.75. The standard InChI is InChI=1S/C20H20F3N5O4/c1-3-4-5-6-9-27-18(29)14(11-24)12(2)17(19(27)30)26-25-15-8-7-13(20(21,22)23)10-16(15)28(31)32/h7-8,10,29H,3-6,9H2,1-2H3. The van der Waals surface area contributed by atoms with Crippen molar-refractivity contribution in [3.8, 4) is 11.9 Å². The second kappa shape index (κ2) is 10.0. The van der Waals surface area contributed by atoms with E-state index in [2.05, 4.69) is 10.2 Å². The number of hydrogen-bond acceptors (Lipinski definition) is 7. The first-order valence-electron chi connectivity index (χ1n) is 9.66. The summed E-state index contributed by atoms with van der Waals surface area (Å²) in [5, 5.41) is 38.2. The number of halogens is 3. The zero-order valence-electron chi connectivity index (χ0n) is 17.3. The molecule has 32 heavy (non-hydrogen) atoms. The highest BCUT2D eigenvalue weighted by atomic mass is 19.4. The van der Waals surface area contributed by atoms with Crippen LogP contribution in [0.4, 0.5) is 30.2 Å². The fourth-order valence-electron chi connectivity index (χ4n) is 3.00. The van der Waals surface area contributed by atoms with Crippen LogP contribution in [0.2, 0.25) is 0 Å². The lowest BCUT2D eigenvalue weighted by molar-refractivity contribution is -0.384. The van der Waals surface area contributed by atoms with Gasteiger partial charge in [-0.1, -0.05) is 26.2 Å². The van der Waals surface area contributed by atoms with E-state index in [1.165, 1.54) is 6.92 Å². The second-order valence-electron chi connectivity index (χ2n) is 6.96. The number of unbranched alkanes of at least 4 members (excludes halogenated alkanes) is 3. The summed E-state index contributed by atoms with van der Waals surface area (Å²) in [6.45, 7) is 3.46. The number of nitro benzene ring substituents is 1. The van der Waals surface area contributed by atoms with Crippen molar-refractivity contribution in [3.05, 3.63) is 55.4 Å². The van der Waals surface area contributed by atoms with Crippen LogP contribution in [0.25, 0.3) is 0 Å². The summed E-state index contributed by atoms with van der Waals surface area (Å²) < 4.78 is 39.6. The quantitative estimate of drug-likeness (QED) is 0.239. The van der Waals surface area contributed by atoms with E-state index in [0.717, 1.165) is 29.9 Å². The average molecular weight is 451 g/mol. The van der Waals surface area contributed by atoms with Crippen molar-refractivity contribution >= 4 is 17.1 Å². The molecule has 0 spiro atoms. The van der Waals surface area contributed by atoms with Crippen molar-refractivity contribution < 1.29 is 23.2 Å². The summed E-state index contributed by atoms with van der Waals surface area (Å²) in [4.78, 5) is 23.0. The summed E-state index contributed by atoms with van der Waals surface area (Å²) in [6, 6.07) is 3.49. The zero-order chi connectivity index (χ0) is 24.1. The van der Waals surface area contributed by atoms with Crippen LogP contribution in [0.1, 0.15) is 49.3 Å². The molecule has 0 aliphatic heterocycles. The molecule has 170 valence electrons. The van der Waals surface area contributed by atoms with Gasteiger partial charge in [0.1, 0.15) is 11.6 Å². The Labute approximate surface area is 180 Å². The maximum atomic E-state index is 12.9.